The SMILES string of the molecule is C1=Cc2sc3c(c2CC1)c1ccccc1c1c2ccccc2n(-c2nc(-c4ccccc4)c4c(n2)oc2ccccc24)c31. The number of furan rings is 1. The van der Waals surface area contributed by atoms with Crippen molar-refractivity contribution in [3.8, 4) is 17.2 Å². The Bertz CT molecular complexity index is 2620. The average molecular weight is 570 g/mol. The van der Waals surface area contributed by atoms with Gasteiger partial charge in [0.15, 0.2) is 0 Å². The topological polar surface area (TPSA) is 43.9 Å². The summed E-state index contributed by atoms with van der Waals surface area (Å²) in [5.74, 6) is 0.620. The summed E-state index contributed by atoms with van der Waals surface area (Å²) in [7, 11) is 0. The minimum atomic E-state index is 0.599. The van der Waals surface area contributed by atoms with E-state index in [-0.39, 0.29) is 0 Å². The molecule has 5 heteroatoms. The van der Waals surface area contributed by atoms with E-state index in [4.69, 9.17) is 14.4 Å². The van der Waals surface area contributed by atoms with Crippen LogP contribution < -0.4 is 0 Å². The van der Waals surface area contributed by atoms with E-state index < -0.39 is 0 Å². The van der Waals surface area contributed by atoms with E-state index in [1.165, 1.54) is 42.1 Å². The monoisotopic (exact) mass is 569 g/mol. The van der Waals surface area contributed by atoms with Gasteiger partial charge in [-0.1, -0.05) is 97.1 Å². The number of aryl methyl sites for hydroxylation is 1. The first-order chi connectivity index (χ1) is 21.3. The van der Waals surface area contributed by atoms with Crippen LogP contribution in [0.25, 0.3) is 88.0 Å². The molecule has 43 heavy (non-hydrogen) atoms. The summed E-state index contributed by atoms with van der Waals surface area (Å²) >= 11 is 1.89. The molecule has 10 rings (SSSR count). The van der Waals surface area contributed by atoms with Crippen molar-refractivity contribution in [3.63, 3.8) is 0 Å². The molecule has 0 spiro atoms. The Kier molecular flexibility index (Phi) is 4.68. The van der Waals surface area contributed by atoms with Crippen molar-refractivity contribution < 1.29 is 4.42 Å². The van der Waals surface area contributed by atoms with Crippen molar-refractivity contribution in [1.29, 1.82) is 0 Å². The van der Waals surface area contributed by atoms with Crippen LogP contribution in [0.1, 0.15) is 16.9 Å². The van der Waals surface area contributed by atoms with Crippen LogP contribution in [0.5, 0.6) is 0 Å². The highest BCUT2D eigenvalue weighted by atomic mass is 32.1. The Balaban J connectivity index is 1.44. The molecule has 0 fully saturated rings. The minimum Gasteiger partial charge on any atom is -0.437 e. The number of fused-ring (bicyclic) bond motifs is 13. The van der Waals surface area contributed by atoms with Gasteiger partial charge < -0.3 is 4.42 Å². The fraction of sp³-hybridized carbons (Fsp3) is 0.0526. The van der Waals surface area contributed by atoms with Crippen molar-refractivity contribution in [1.82, 2.24) is 14.5 Å². The van der Waals surface area contributed by atoms with Crippen molar-refractivity contribution in [3.05, 3.63) is 120 Å². The van der Waals surface area contributed by atoms with Crippen LogP contribution in [0.3, 0.4) is 0 Å². The molecule has 0 saturated carbocycles. The summed E-state index contributed by atoms with van der Waals surface area (Å²) in [6.45, 7) is 0. The number of hydrogen-bond donors (Lipinski definition) is 0. The molecule has 0 aliphatic heterocycles. The van der Waals surface area contributed by atoms with Gasteiger partial charge in [0.25, 0.3) is 0 Å². The maximum atomic E-state index is 6.43. The number of hydrogen-bond acceptors (Lipinski definition) is 4. The first kappa shape index (κ1) is 23.3. The van der Waals surface area contributed by atoms with Crippen LogP contribution >= 0.6 is 11.3 Å². The predicted molar refractivity (Wildman–Crippen MR) is 179 cm³/mol. The van der Waals surface area contributed by atoms with Crippen molar-refractivity contribution in [2.75, 3.05) is 0 Å². The smallest absolute Gasteiger partial charge is 0.238 e. The predicted octanol–water partition coefficient (Wildman–Crippen LogP) is 10.5. The zero-order chi connectivity index (χ0) is 28.1. The summed E-state index contributed by atoms with van der Waals surface area (Å²) in [4.78, 5) is 11.9. The molecule has 4 aromatic heterocycles. The average Bonchev–Trinajstić information content (AvgIpc) is 3.74. The van der Waals surface area contributed by atoms with Crippen LogP contribution in [0.15, 0.2) is 114 Å². The quantitative estimate of drug-likeness (QED) is 0.208. The molecule has 1 aliphatic carbocycles. The van der Waals surface area contributed by atoms with E-state index in [9.17, 15) is 0 Å². The number of allylic oxidation sites excluding steroid dienone is 1. The fourth-order valence-corrected chi connectivity index (χ4v) is 8.44. The second-order valence-corrected chi connectivity index (χ2v) is 12.3. The van der Waals surface area contributed by atoms with Crippen LogP contribution in [-0.4, -0.2) is 14.5 Å². The third-order valence-corrected chi connectivity index (χ3v) is 10.1. The Hall–Kier alpha value is -5.26. The van der Waals surface area contributed by atoms with Gasteiger partial charge in [-0.25, -0.2) is 4.98 Å². The summed E-state index contributed by atoms with van der Waals surface area (Å²) < 4.78 is 10.0. The number of nitrogens with zero attached hydrogens (tertiary/aromatic N) is 3. The van der Waals surface area contributed by atoms with Crippen LogP contribution in [0, 0.1) is 0 Å². The molecule has 0 saturated heterocycles. The Morgan fingerprint density at radius 3 is 2.26 bits per heavy atom. The fourth-order valence-electron chi connectivity index (χ4n) is 7.11. The van der Waals surface area contributed by atoms with Gasteiger partial charge in [0, 0.05) is 32.0 Å². The van der Waals surface area contributed by atoms with Gasteiger partial charge in [-0.2, -0.15) is 4.98 Å². The van der Waals surface area contributed by atoms with Crippen molar-refractivity contribution in [2.24, 2.45) is 0 Å². The van der Waals surface area contributed by atoms with Gasteiger partial charge in [0.1, 0.15) is 5.58 Å². The normalized spacial score (nSPS) is 13.3. The van der Waals surface area contributed by atoms with Gasteiger partial charge in [0.2, 0.25) is 11.7 Å². The largest absolute Gasteiger partial charge is 0.437 e. The molecule has 0 atom stereocenters. The van der Waals surface area contributed by atoms with E-state index in [0.29, 0.717) is 11.7 Å². The molecule has 0 bridgehead atoms. The third-order valence-electron chi connectivity index (χ3n) is 8.90. The zero-order valence-corrected chi connectivity index (χ0v) is 23.9. The third kappa shape index (κ3) is 3.14. The Morgan fingerprint density at radius 2 is 1.40 bits per heavy atom. The van der Waals surface area contributed by atoms with Gasteiger partial charge in [-0.3, -0.25) is 4.57 Å². The van der Waals surface area contributed by atoms with E-state index in [1.807, 2.05) is 35.6 Å². The summed E-state index contributed by atoms with van der Waals surface area (Å²) in [6, 6.07) is 36.1. The van der Waals surface area contributed by atoms with Crippen molar-refractivity contribution in [2.45, 2.75) is 12.8 Å². The number of para-hydroxylation sites is 2. The highest BCUT2D eigenvalue weighted by Gasteiger charge is 2.26. The van der Waals surface area contributed by atoms with E-state index >= 15 is 0 Å². The molecule has 9 aromatic rings. The van der Waals surface area contributed by atoms with E-state index in [1.54, 1.807) is 0 Å². The molecule has 4 heterocycles. The highest BCUT2D eigenvalue weighted by Crippen LogP contribution is 2.48. The Morgan fingerprint density at radius 1 is 0.674 bits per heavy atom. The van der Waals surface area contributed by atoms with Gasteiger partial charge in [0.05, 0.1) is 26.8 Å². The van der Waals surface area contributed by atoms with Crippen LogP contribution in [-0.2, 0) is 6.42 Å². The lowest BCUT2D eigenvalue weighted by Crippen LogP contribution is -2.03. The second kappa shape index (κ2) is 8.63. The molecule has 0 radical (unpaired) electrons. The molecule has 1 aliphatic rings. The summed E-state index contributed by atoms with van der Waals surface area (Å²) in [5.41, 5.74) is 7.04. The second-order valence-electron chi connectivity index (χ2n) is 11.2. The van der Waals surface area contributed by atoms with Crippen LogP contribution in [0.2, 0.25) is 0 Å². The molecule has 0 amide bonds. The van der Waals surface area contributed by atoms with Crippen LogP contribution in [0.4, 0.5) is 0 Å². The summed E-state index contributed by atoms with van der Waals surface area (Å²) in [5, 5.41) is 8.37. The Labute approximate surface area is 250 Å². The molecular weight excluding hydrogens is 547 g/mol. The molecule has 0 N–H and O–H groups in total. The number of thiophene rings is 1. The zero-order valence-electron chi connectivity index (χ0n) is 23.0. The number of aromatic nitrogens is 3. The minimum absolute atomic E-state index is 0.599. The maximum absolute atomic E-state index is 6.43. The first-order valence-corrected chi connectivity index (χ1v) is 15.5. The molecule has 202 valence electrons. The standard InChI is InChI=1S/C38H23N3OS/c1-2-12-22(13-3-1)34-33-26-17-7-10-20-29(26)42-37(33)40-38(39-34)41-28-19-9-6-16-25(28)31-23-14-4-5-15-24(23)32-27-18-8-11-21-30(27)43-36(32)35(31)41/h1-7,9-17,19-21H,8,18H2. The molecule has 0 unspecified atom stereocenters. The number of rotatable bonds is 2. The molecule has 4 nitrogen and oxygen atoms in total. The highest BCUT2D eigenvalue weighted by molar-refractivity contribution is 7.21. The maximum Gasteiger partial charge on any atom is 0.238 e. The van der Waals surface area contributed by atoms with E-state index in [2.05, 4.69) is 95.6 Å². The molecular formula is C38H23N3OS. The van der Waals surface area contributed by atoms with Gasteiger partial charge in [-0.05, 0) is 47.4 Å². The lowest BCUT2D eigenvalue weighted by atomic mass is 9.94. The molecule has 5 aromatic carbocycles. The van der Waals surface area contributed by atoms with E-state index in [0.717, 1.165) is 51.5 Å². The first-order valence-electron chi connectivity index (χ1n) is 14.7. The summed E-state index contributed by atoms with van der Waals surface area (Å²) in [6.07, 6.45) is 6.74. The lowest BCUT2D eigenvalue weighted by Gasteiger charge is -2.11. The number of benzene rings is 5. The van der Waals surface area contributed by atoms with Gasteiger partial charge >= 0.3 is 0 Å². The van der Waals surface area contributed by atoms with Crippen molar-refractivity contribution >= 4 is 82.1 Å². The lowest BCUT2D eigenvalue weighted by molar-refractivity contribution is 0.651. The van der Waals surface area contributed by atoms with Gasteiger partial charge in [-0.15, -0.1) is 11.3 Å².